The van der Waals surface area contributed by atoms with Gasteiger partial charge in [-0.3, -0.25) is 0 Å². The number of nitrogens with zero attached hydrogens (tertiary/aromatic N) is 3. The summed E-state index contributed by atoms with van der Waals surface area (Å²) in [6, 6.07) is 5.44. The highest BCUT2D eigenvalue weighted by Gasteiger charge is 2.20. The number of aryl methyl sites for hydroxylation is 4. The lowest BCUT2D eigenvalue weighted by Crippen LogP contribution is -2.24. The Bertz CT molecular complexity index is 1050. The second kappa shape index (κ2) is 6.19. The highest BCUT2D eigenvalue weighted by atomic mass is 32.2. The SMILES string of the molecule is CCc1nn2c(CNS(=O)(=O)c3ccc4c(c3)CCC4)c(C)nc2s1. The van der Waals surface area contributed by atoms with Crippen LogP contribution >= 0.6 is 11.3 Å². The molecule has 0 spiro atoms. The lowest BCUT2D eigenvalue weighted by atomic mass is 10.1. The van der Waals surface area contributed by atoms with E-state index in [0.29, 0.717) is 4.90 Å². The van der Waals surface area contributed by atoms with Crippen molar-refractivity contribution < 1.29 is 8.42 Å². The summed E-state index contributed by atoms with van der Waals surface area (Å²) in [5.74, 6) is 0. The fourth-order valence-corrected chi connectivity index (χ4v) is 5.17. The van der Waals surface area contributed by atoms with Crippen molar-refractivity contribution in [2.24, 2.45) is 0 Å². The van der Waals surface area contributed by atoms with E-state index in [4.69, 9.17) is 0 Å². The lowest BCUT2D eigenvalue weighted by Gasteiger charge is -2.08. The summed E-state index contributed by atoms with van der Waals surface area (Å²) in [5, 5.41) is 5.50. The van der Waals surface area contributed by atoms with E-state index in [9.17, 15) is 8.42 Å². The molecular weight excluding hydrogens is 356 g/mol. The number of benzene rings is 1. The van der Waals surface area contributed by atoms with Gasteiger partial charge in [-0.1, -0.05) is 24.3 Å². The van der Waals surface area contributed by atoms with Crippen LogP contribution in [0.5, 0.6) is 0 Å². The van der Waals surface area contributed by atoms with E-state index >= 15 is 0 Å². The van der Waals surface area contributed by atoms with E-state index in [2.05, 4.69) is 14.8 Å². The minimum Gasteiger partial charge on any atom is -0.223 e. The summed E-state index contributed by atoms with van der Waals surface area (Å²) in [6.45, 7) is 4.10. The predicted octanol–water partition coefficient (Wildman–Crippen LogP) is 2.63. The van der Waals surface area contributed by atoms with Crippen LogP contribution in [0.2, 0.25) is 0 Å². The van der Waals surface area contributed by atoms with Crippen molar-refractivity contribution >= 4 is 26.3 Å². The van der Waals surface area contributed by atoms with Crippen LogP contribution in [-0.2, 0) is 35.8 Å². The normalized spacial score (nSPS) is 14.3. The molecule has 0 fully saturated rings. The van der Waals surface area contributed by atoms with E-state index in [-0.39, 0.29) is 6.54 Å². The first kappa shape index (κ1) is 16.7. The Labute approximate surface area is 151 Å². The third-order valence-corrected chi connectivity index (χ3v) is 7.10. The molecule has 4 rings (SSSR count). The Hall–Kier alpha value is -1.77. The van der Waals surface area contributed by atoms with E-state index in [1.807, 2.05) is 26.0 Å². The molecular formula is C17H20N4O2S2. The quantitative estimate of drug-likeness (QED) is 0.743. The first-order chi connectivity index (χ1) is 12.0. The van der Waals surface area contributed by atoms with Gasteiger partial charge in [-0.15, -0.1) is 0 Å². The van der Waals surface area contributed by atoms with Gasteiger partial charge in [-0.25, -0.2) is 22.6 Å². The lowest BCUT2D eigenvalue weighted by molar-refractivity contribution is 0.579. The van der Waals surface area contributed by atoms with E-state index in [1.165, 1.54) is 16.9 Å². The molecule has 1 aliphatic carbocycles. The Morgan fingerprint density at radius 2 is 2.08 bits per heavy atom. The molecule has 0 unspecified atom stereocenters. The molecule has 0 amide bonds. The number of aromatic nitrogens is 3. The van der Waals surface area contributed by atoms with Crippen molar-refractivity contribution in [2.45, 2.75) is 51.0 Å². The van der Waals surface area contributed by atoms with Gasteiger partial charge >= 0.3 is 0 Å². The van der Waals surface area contributed by atoms with Crippen molar-refractivity contribution in [1.29, 1.82) is 0 Å². The van der Waals surface area contributed by atoms with Gasteiger partial charge in [-0.05, 0) is 55.9 Å². The molecule has 0 saturated carbocycles. The van der Waals surface area contributed by atoms with E-state index < -0.39 is 10.0 Å². The highest BCUT2D eigenvalue weighted by Crippen LogP contribution is 2.25. The van der Waals surface area contributed by atoms with Crippen molar-refractivity contribution in [3.05, 3.63) is 45.7 Å². The maximum Gasteiger partial charge on any atom is 0.240 e. The molecule has 0 radical (unpaired) electrons. The molecule has 6 nitrogen and oxygen atoms in total. The number of rotatable bonds is 5. The Morgan fingerprint density at radius 1 is 1.28 bits per heavy atom. The van der Waals surface area contributed by atoms with Crippen LogP contribution in [-0.4, -0.2) is 23.0 Å². The van der Waals surface area contributed by atoms with Gasteiger partial charge in [0, 0.05) is 0 Å². The zero-order valence-electron chi connectivity index (χ0n) is 14.2. The second-order valence-electron chi connectivity index (χ2n) is 6.30. The van der Waals surface area contributed by atoms with Gasteiger partial charge in [0.25, 0.3) is 0 Å². The fourth-order valence-electron chi connectivity index (χ4n) is 3.24. The van der Waals surface area contributed by atoms with Crippen LogP contribution in [0.25, 0.3) is 4.96 Å². The second-order valence-corrected chi connectivity index (χ2v) is 9.10. The Morgan fingerprint density at radius 3 is 2.88 bits per heavy atom. The van der Waals surface area contributed by atoms with Gasteiger partial charge in [0.05, 0.1) is 22.8 Å². The van der Waals surface area contributed by atoms with Gasteiger partial charge in [0.1, 0.15) is 5.01 Å². The smallest absolute Gasteiger partial charge is 0.223 e. The molecule has 132 valence electrons. The number of sulfonamides is 1. The van der Waals surface area contributed by atoms with Crippen molar-refractivity contribution in [3.63, 3.8) is 0 Å². The average molecular weight is 377 g/mol. The summed E-state index contributed by atoms with van der Waals surface area (Å²) < 4.78 is 29.8. The van der Waals surface area contributed by atoms with E-state index in [0.717, 1.165) is 52.6 Å². The summed E-state index contributed by atoms with van der Waals surface area (Å²) in [6.07, 6.45) is 3.94. The van der Waals surface area contributed by atoms with E-state index in [1.54, 1.807) is 10.6 Å². The summed E-state index contributed by atoms with van der Waals surface area (Å²) in [7, 11) is -3.56. The van der Waals surface area contributed by atoms with Crippen LogP contribution < -0.4 is 4.72 Å². The van der Waals surface area contributed by atoms with Crippen LogP contribution in [0.15, 0.2) is 23.1 Å². The molecule has 8 heteroatoms. The zero-order valence-corrected chi connectivity index (χ0v) is 15.9. The van der Waals surface area contributed by atoms with Crippen molar-refractivity contribution in [2.75, 3.05) is 0 Å². The largest absolute Gasteiger partial charge is 0.240 e. The maximum absolute atomic E-state index is 12.7. The van der Waals surface area contributed by atoms with Gasteiger partial charge < -0.3 is 0 Å². The molecule has 2 aromatic heterocycles. The average Bonchev–Trinajstić information content (AvgIpc) is 3.26. The monoisotopic (exact) mass is 376 g/mol. The maximum atomic E-state index is 12.7. The molecule has 1 aromatic carbocycles. The number of imidazole rings is 1. The third-order valence-electron chi connectivity index (χ3n) is 4.65. The van der Waals surface area contributed by atoms with Gasteiger partial charge in [0.15, 0.2) is 0 Å². The van der Waals surface area contributed by atoms with Crippen molar-refractivity contribution in [3.8, 4) is 0 Å². The molecule has 0 bridgehead atoms. The standard InChI is InChI=1S/C17H20N4O2S2/c1-3-16-20-21-15(11(2)19-17(21)24-16)10-18-25(22,23)14-8-7-12-5-4-6-13(12)9-14/h7-9,18H,3-6,10H2,1-2H3. The topological polar surface area (TPSA) is 76.4 Å². The van der Waals surface area contributed by atoms with Crippen LogP contribution in [0.1, 0.15) is 40.9 Å². The third kappa shape index (κ3) is 2.98. The summed E-state index contributed by atoms with van der Waals surface area (Å²) in [5.41, 5.74) is 4.01. The summed E-state index contributed by atoms with van der Waals surface area (Å²) >= 11 is 1.54. The van der Waals surface area contributed by atoms with Gasteiger partial charge in [0.2, 0.25) is 15.0 Å². The molecule has 3 aromatic rings. The number of hydrogen-bond donors (Lipinski definition) is 1. The molecule has 0 aliphatic heterocycles. The molecule has 25 heavy (non-hydrogen) atoms. The number of hydrogen-bond acceptors (Lipinski definition) is 5. The Kier molecular flexibility index (Phi) is 4.13. The molecule has 2 heterocycles. The molecule has 0 saturated heterocycles. The van der Waals surface area contributed by atoms with Crippen LogP contribution in [0.4, 0.5) is 0 Å². The highest BCUT2D eigenvalue weighted by molar-refractivity contribution is 7.89. The summed E-state index contributed by atoms with van der Waals surface area (Å²) in [4.78, 5) is 5.63. The molecule has 1 aliphatic rings. The molecule has 1 N–H and O–H groups in total. The van der Waals surface area contributed by atoms with Crippen LogP contribution in [0.3, 0.4) is 0 Å². The first-order valence-electron chi connectivity index (χ1n) is 8.43. The Balaban J connectivity index is 1.60. The van der Waals surface area contributed by atoms with Crippen molar-refractivity contribution in [1.82, 2.24) is 19.3 Å². The minimum atomic E-state index is -3.56. The number of fused-ring (bicyclic) bond motifs is 2. The number of nitrogens with one attached hydrogen (secondary N) is 1. The van der Waals surface area contributed by atoms with Crippen LogP contribution in [0, 0.1) is 6.92 Å². The minimum absolute atomic E-state index is 0.180. The molecule has 0 atom stereocenters. The predicted molar refractivity (Wildman–Crippen MR) is 97.5 cm³/mol. The fraction of sp³-hybridized carbons (Fsp3) is 0.412. The first-order valence-corrected chi connectivity index (χ1v) is 10.7. The zero-order chi connectivity index (χ0) is 17.6. The van der Waals surface area contributed by atoms with Gasteiger partial charge in [-0.2, -0.15) is 5.10 Å².